The molecule has 104 valence electrons. The fourth-order valence-electron chi connectivity index (χ4n) is 1.82. The topological polar surface area (TPSA) is 30.5 Å². The van der Waals surface area contributed by atoms with Crippen LogP contribution in [0, 0.1) is 12.3 Å². The van der Waals surface area contributed by atoms with Crippen LogP contribution in [-0.4, -0.2) is 20.3 Å². The van der Waals surface area contributed by atoms with Crippen LogP contribution in [0.3, 0.4) is 0 Å². The maximum absolute atomic E-state index is 6.31. The Bertz CT molecular complexity index is 454. The van der Waals surface area contributed by atoms with Crippen LogP contribution in [0.5, 0.6) is 11.5 Å². The Morgan fingerprint density at radius 2 is 2.11 bits per heavy atom. The monoisotopic (exact) mass is 281 g/mol. The Morgan fingerprint density at radius 1 is 1.37 bits per heavy atom. The molecule has 0 radical (unpaired) electrons. The van der Waals surface area contributed by atoms with E-state index in [-0.39, 0.29) is 0 Å². The molecule has 0 bridgehead atoms. The highest BCUT2D eigenvalue weighted by Crippen LogP contribution is 2.37. The Hall–Kier alpha value is -1.37. The van der Waals surface area contributed by atoms with Gasteiger partial charge in [-0.2, -0.15) is 0 Å². The van der Waals surface area contributed by atoms with E-state index in [2.05, 4.69) is 18.2 Å². The number of halogens is 1. The number of terminal acetylenes is 1. The molecule has 1 atom stereocenters. The number of nitrogens with one attached hydrogen (secondary N) is 1. The maximum atomic E-state index is 6.31. The van der Waals surface area contributed by atoms with Crippen LogP contribution in [0.1, 0.15) is 25.3 Å². The Balaban J connectivity index is 2.82. The first-order valence-corrected chi connectivity index (χ1v) is 6.61. The molecule has 4 heteroatoms. The van der Waals surface area contributed by atoms with Gasteiger partial charge in [-0.3, -0.25) is 0 Å². The minimum absolute atomic E-state index is 0.300. The number of hydrogen-bond acceptors (Lipinski definition) is 3. The molecule has 0 aliphatic heterocycles. The lowest BCUT2D eigenvalue weighted by molar-refractivity contribution is 0.354. The molecular weight excluding hydrogens is 262 g/mol. The normalized spacial score (nSPS) is 11.7. The second kappa shape index (κ2) is 7.93. The Kier molecular flexibility index (Phi) is 6.55. The smallest absolute Gasteiger partial charge is 0.179 e. The van der Waals surface area contributed by atoms with Crippen molar-refractivity contribution in [1.82, 2.24) is 5.32 Å². The van der Waals surface area contributed by atoms with Gasteiger partial charge in [0.15, 0.2) is 11.5 Å². The summed E-state index contributed by atoms with van der Waals surface area (Å²) in [7, 11) is 3.17. The zero-order valence-electron chi connectivity index (χ0n) is 11.6. The van der Waals surface area contributed by atoms with Crippen LogP contribution in [0.2, 0.25) is 5.02 Å². The van der Waals surface area contributed by atoms with Gasteiger partial charge in [0.2, 0.25) is 0 Å². The SMILES string of the molecule is C#CCC(CC)NCc1ccc(OC)c(OC)c1Cl. The van der Waals surface area contributed by atoms with Crippen molar-refractivity contribution in [3.8, 4) is 23.8 Å². The molecule has 3 nitrogen and oxygen atoms in total. The molecule has 0 fully saturated rings. The lowest BCUT2D eigenvalue weighted by Gasteiger charge is -2.17. The van der Waals surface area contributed by atoms with Gasteiger partial charge in [-0.1, -0.05) is 24.6 Å². The third-order valence-corrected chi connectivity index (χ3v) is 3.42. The quantitative estimate of drug-likeness (QED) is 0.778. The first kappa shape index (κ1) is 15.7. The van der Waals surface area contributed by atoms with E-state index < -0.39 is 0 Å². The zero-order valence-corrected chi connectivity index (χ0v) is 12.4. The minimum Gasteiger partial charge on any atom is -0.493 e. The largest absolute Gasteiger partial charge is 0.493 e. The molecule has 1 aromatic rings. The van der Waals surface area contributed by atoms with Gasteiger partial charge in [-0.05, 0) is 18.1 Å². The molecule has 0 saturated carbocycles. The first-order valence-electron chi connectivity index (χ1n) is 6.24. The van der Waals surface area contributed by atoms with Gasteiger partial charge in [0.25, 0.3) is 0 Å². The Labute approximate surface area is 120 Å². The van der Waals surface area contributed by atoms with Crippen molar-refractivity contribution in [3.05, 3.63) is 22.7 Å². The Morgan fingerprint density at radius 3 is 2.63 bits per heavy atom. The predicted octanol–water partition coefficient (Wildman–Crippen LogP) is 3.25. The zero-order chi connectivity index (χ0) is 14.3. The average molecular weight is 282 g/mol. The molecular formula is C15H20ClNO2. The summed E-state index contributed by atoms with van der Waals surface area (Å²) in [6.07, 6.45) is 7.03. The highest BCUT2D eigenvalue weighted by atomic mass is 35.5. The molecule has 1 rings (SSSR count). The van der Waals surface area contributed by atoms with Crippen LogP contribution in [0.4, 0.5) is 0 Å². The summed E-state index contributed by atoms with van der Waals surface area (Å²) in [6.45, 7) is 2.75. The van der Waals surface area contributed by atoms with Gasteiger partial charge in [-0.15, -0.1) is 12.3 Å². The van der Waals surface area contributed by atoms with Crippen molar-refractivity contribution >= 4 is 11.6 Å². The van der Waals surface area contributed by atoms with Crippen LogP contribution >= 0.6 is 11.6 Å². The molecule has 1 N–H and O–H groups in total. The number of rotatable bonds is 7. The fraction of sp³-hybridized carbons (Fsp3) is 0.467. The lowest BCUT2D eigenvalue weighted by Crippen LogP contribution is -2.27. The molecule has 0 aromatic heterocycles. The summed E-state index contributed by atoms with van der Waals surface area (Å²) in [5.41, 5.74) is 0.967. The van der Waals surface area contributed by atoms with Gasteiger partial charge in [0.05, 0.1) is 19.2 Å². The summed E-state index contributed by atoms with van der Waals surface area (Å²) < 4.78 is 10.5. The number of benzene rings is 1. The average Bonchev–Trinajstić information content (AvgIpc) is 2.44. The van der Waals surface area contributed by atoms with E-state index in [4.69, 9.17) is 27.5 Å². The molecule has 1 aromatic carbocycles. The standard InChI is InChI=1S/C15H20ClNO2/c1-5-7-12(6-2)17-10-11-8-9-13(18-3)15(19-4)14(11)16/h1,8-9,12,17H,6-7,10H2,2-4H3. The van der Waals surface area contributed by atoms with Gasteiger partial charge < -0.3 is 14.8 Å². The summed E-state index contributed by atoms with van der Waals surface area (Å²) in [6, 6.07) is 4.08. The van der Waals surface area contributed by atoms with Gasteiger partial charge in [-0.25, -0.2) is 0 Å². The first-order chi connectivity index (χ1) is 9.17. The fourth-order valence-corrected chi connectivity index (χ4v) is 2.12. The minimum atomic E-state index is 0.300. The number of methoxy groups -OCH3 is 2. The van der Waals surface area contributed by atoms with Crippen molar-refractivity contribution in [3.63, 3.8) is 0 Å². The van der Waals surface area contributed by atoms with Gasteiger partial charge >= 0.3 is 0 Å². The van der Waals surface area contributed by atoms with E-state index in [1.165, 1.54) is 0 Å². The summed E-state index contributed by atoms with van der Waals surface area (Å²) in [4.78, 5) is 0. The highest BCUT2D eigenvalue weighted by Gasteiger charge is 2.13. The van der Waals surface area contributed by atoms with Crippen molar-refractivity contribution in [2.75, 3.05) is 14.2 Å². The third kappa shape index (κ3) is 4.05. The predicted molar refractivity (Wildman–Crippen MR) is 78.9 cm³/mol. The van der Waals surface area contributed by atoms with E-state index in [0.717, 1.165) is 12.0 Å². The molecule has 0 aliphatic rings. The maximum Gasteiger partial charge on any atom is 0.179 e. The van der Waals surface area contributed by atoms with E-state index >= 15 is 0 Å². The van der Waals surface area contributed by atoms with Crippen molar-refractivity contribution in [2.24, 2.45) is 0 Å². The third-order valence-electron chi connectivity index (χ3n) is 3.00. The van der Waals surface area contributed by atoms with Gasteiger partial charge in [0.1, 0.15) is 0 Å². The molecule has 0 heterocycles. The molecule has 0 saturated heterocycles. The molecule has 1 unspecified atom stereocenters. The van der Waals surface area contributed by atoms with Crippen molar-refractivity contribution in [1.29, 1.82) is 0 Å². The van der Waals surface area contributed by atoms with Crippen molar-refractivity contribution < 1.29 is 9.47 Å². The van der Waals surface area contributed by atoms with Crippen molar-refractivity contribution in [2.45, 2.75) is 32.4 Å². The molecule has 19 heavy (non-hydrogen) atoms. The number of hydrogen-bond donors (Lipinski definition) is 1. The van der Waals surface area contributed by atoms with E-state index in [1.807, 2.05) is 12.1 Å². The van der Waals surface area contributed by atoms with Crippen LogP contribution in [0.15, 0.2) is 12.1 Å². The second-order valence-electron chi connectivity index (χ2n) is 4.17. The van der Waals surface area contributed by atoms with E-state index in [1.54, 1.807) is 14.2 Å². The summed E-state index contributed by atoms with van der Waals surface area (Å²) in [5.74, 6) is 3.87. The molecule has 0 amide bonds. The summed E-state index contributed by atoms with van der Waals surface area (Å²) in [5, 5.41) is 3.97. The second-order valence-corrected chi connectivity index (χ2v) is 4.55. The molecule has 0 spiro atoms. The van der Waals surface area contributed by atoms with E-state index in [0.29, 0.717) is 35.5 Å². The van der Waals surface area contributed by atoms with Crippen LogP contribution in [-0.2, 0) is 6.54 Å². The lowest BCUT2D eigenvalue weighted by atomic mass is 10.1. The van der Waals surface area contributed by atoms with Crippen LogP contribution in [0.25, 0.3) is 0 Å². The number of ether oxygens (including phenoxy) is 2. The van der Waals surface area contributed by atoms with Crippen LogP contribution < -0.4 is 14.8 Å². The molecule has 0 aliphatic carbocycles. The van der Waals surface area contributed by atoms with Gasteiger partial charge in [0, 0.05) is 19.0 Å². The van der Waals surface area contributed by atoms with E-state index in [9.17, 15) is 0 Å². The summed E-state index contributed by atoms with van der Waals surface area (Å²) >= 11 is 6.31. The highest BCUT2D eigenvalue weighted by molar-refractivity contribution is 6.33.